The number of hydrazone groups is 1. The van der Waals surface area contributed by atoms with E-state index in [1.807, 2.05) is 26.0 Å². The number of methoxy groups -OCH3 is 2. The molecule has 0 spiro atoms. The molecule has 0 radical (unpaired) electrons. The zero-order valence-corrected chi connectivity index (χ0v) is 20.3. The van der Waals surface area contributed by atoms with E-state index in [9.17, 15) is 13.2 Å². The van der Waals surface area contributed by atoms with Gasteiger partial charge in [-0.2, -0.15) is 5.10 Å². The third-order valence-electron chi connectivity index (χ3n) is 5.05. The topological polar surface area (TPSA) is 97.3 Å². The molecule has 0 unspecified atom stereocenters. The molecule has 0 bridgehead atoms. The number of anilines is 1. The summed E-state index contributed by atoms with van der Waals surface area (Å²) in [5.74, 6) is 0.503. The average Bonchev–Trinajstić information content (AvgIpc) is 2.83. The molecule has 0 aromatic heterocycles. The number of hydrogen-bond donors (Lipinski definition) is 1. The maximum absolute atomic E-state index is 13.4. The second kappa shape index (κ2) is 10.8. The van der Waals surface area contributed by atoms with E-state index in [0.717, 1.165) is 15.4 Å². The summed E-state index contributed by atoms with van der Waals surface area (Å²) in [6.07, 6.45) is 1.44. The van der Waals surface area contributed by atoms with Crippen LogP contribution in [0.5, 0.6) is 11.5 Å². The zero-order chi connectivity index (χ0) is 24.7. The highest BCUT2D eigenvalue weighted by molar-refractivity contribution is 7.92. The van der Waals surface area contributed by atoms with Gasteiger partial charge in [-0.3, -0.25) is 9.10 Å². The molecule has 0 aliphatic heterocycles. The fourth-order valence-electron chi connectivity index (χ4n) is 3.38. The second-order valence-electron chi connectivity index (χ2n) is 7.52. The van der Waals surface area contributed by atoms with Gasteiger partial charge in [-0.15, -0.1) is 0 Å². The minimum absolute atomic E-state index is 0.0941. The highest BCUT2D eigenvalue weighted by Gasteiger charge is 2.28. The van der Waals surface area contributed by atoms with Gasteiger partial charge in [0.2, 0.25) is 0 Å². The highest BCUT2D eigenvalue weighted by atomic mass is 32.2. The van der Waals surface area contributed by atoms with Crippen LogP contribution in [0.25, 0.3) is 0 Å². The quantitative estimate of drug-likeness (QED) is 0.372. The Hall–Kier alpha value is -3.85. The van der Waals surface area contributed by atoms with Crippen LogP contribution in [0.15, 0.2) is 76.7 Å². The number of ether oxygens (including phenoxy) is 2. The van der Waals surface area contributed by atoms with Gasteiger partial charge in [-0.1, -0.05) is 35.9 Å². The third-order valence-corrected chi connectivity index (χ3v) is 6.82. The molecule has 3 aromatic rings. The van der Waals surface area contributed by atoms with Crippen molar-refractivity contribution < 1.29 is 22.7 Å². The summed E-state index contributed by atoms with van der Waals surface area (Å²) in [4.78, 5) is 12.8. The van der Waals surface area contributed by atoms with Crippen LogP contribution in [0.4, 0.5) is 5.69 Å². The van der Waals surface area contributed by atoms with E-state index >= 15 is 0 Å². The lowest BCUT2D eigenvalue weighted by atomic mass is 10.1. The predicted molar refractivity (Wildman–Crippen MR) is 132 cm³/mol. The summed E-state index contributed by atoms with van der Waals surface area (Å²) in [7, 11) is -0.927. The van der Waals surface area contributed by atoms with Crippen LogP contribution in [0.2, 0.25) is 0 Å². The Labute approximate surface area is 199 Å². The number of nitrogens with zero attached hydrogens (tertiary/aromatic N) is 2. The van der Waals surface area contributed by atoms with Crippen LogP contribution in [0.3, 0.4) is 0 Å². The lowest BCUT2D eigenvalue weighted by Gasteiger charge is -2.25. The molecule has 0 heterocycles. The van der Waals surface area contributed by atoms with Gasteiger partial charge in [-0.05, 0) is 61.4 Å². The number of amides is 1. The molecule has 178 valence electrons. The number of rotatable bonds is 9. The molecular formula is C25H27N3O5S. The largest absolute Gasteiger partial charge is 0.493 e. The highest BCUT2D eigenvalue weighted by Crippen LogP contribution is 2.28. The average molecular weight is 482 g/mol. The lowest BCUT2D eigenvalue weighted by molar-refractivity contribution is -0.119. The molecule has 9 heteroatoms. The Morgan fingerprint density at radius 3 is 2.32 bits per heavy atom. The van der Waals surface area contributed by atoms with Gasteiger partial charge in [-0.25, -0.2) is 13.8 Å². The Morgan fingerprint density at radius 1 is 0.971 bits per heavy atom. The third kappa shape index (κ3) is 5.74. The Balaban J connectivity index is 1.84. The van der Waals surface area contributed by atoms with Gasteiger partial charge >= 0.3 is 0 Å². The first-order chi connectivity index (χ1) is 16.3. The number of hydrogen-bond acceptors (Lipinski definition) is 6. The van der Waals surface area contributed by atoms with Gasteiger partial charge in [0.05, 0.1) is 31.0 Å². The van der Waals surface area contributed by atoms with Crippen LogP contribution in [-0.4, -0.2) is 41.3 Å². The molecule has 8 nitrogen and oxygen atoms in total. The van der Waals surface area contributed by atoms with E-state index in [1.54, 1.807) is 42.5 Å². The molecule has 34 heavy (non-hydrogen) atoms. The SMILES string of the molecule is COc1ccc(/C=N\NC(=O)CN(c2ccc(C)cc2C)S(=O)(=O)c2ccccc2)cc1OC. The Bertz CT molecular complexity index is 1290. The fourth-order valence-corrected chi connectivity index (χ4v) is 4.89. The van der Waals surface area contributed by atoms with Crippen molar-refractivity contribution in [2.45, 2.75) is 18.7 Å². The van der Waals surface area contributed by atoms with Crippen LogP contribution in [-0.2, 0) is 14.8 Å². The van der Waals surface area contributed by atoms with E-state index in [2.05, 4.69) is 10.5 Å². The van der Waals surface area contributed by atoms with E-state index < -0.39 is 22.5 Å². The Morgan fingerprint density at radius 2 is 1.68 bits per heavy atom. The van der Waals surface area contributed by atoms with Crippen molar-refractivity contribution in [1.29, 1.82) is 0 Å². The van der Waals surface area contributed by atoms with Crippen LogP contribution < -0.4 is 19.2 Å². The van der Waals surface area contributed by atoms with Crippen molar-refractivity contribution in [2.75, 3.05) is 25.1 Å². The molecule has 1 amide bonds. The van der Waals surface area contributed by atoms with Gasteiger partial charge in [0.1, 0.15) is 6.54 Å². The van der Waals surface area contributed by atoms with Crippen molar-refractivity contribution >= 4 is 27.8 Å². The molecule has 3 rings (SSSR count). The molecule has 0 saturated heterocycles. The minimum Gasteiger partial charge on any atom is -0.493 e. The molecule has 0 aliphatic carbocycles. The summed E-state index contributed by atoms with van der Waals surface area (Å²) in [6, 6.07) is 18.6. The first-order valence-corrected chi connectivity index (χ1v) is 11.9. The second-order valence-corrected chi connectivity index (χ2v) is 9.38. The first-order valence-electron chi connectivity index (χ1n) is 10.4. The molecule has 3 aromatic carbocycles. The van der Waals surface area contributed by atoms with Gasteiger partial charge in [0.15, 0.2) is 11.5 Å². The minimum atomic E-state index is -3.99. The molecule has 0 atom stereocenters. The number of carbonyl (C=O) groups is 1. The van der Waals surface area contributed by atoms with E-state index in [1.165, 1.54) is 32.6 Å². The van der Waals surface area contributed by atoms with Gasteiger partial charge in [0, 0.05) is 0 Å². The Kier molecular flexibility index (Phi) is 7.91. The summed E-state index contributed by atoms with van der Waals surface area (Å²) in [6.45, 7) is 3.29. The van der Waals surface area contributed by atoms with Crippen molar-refractivity contribution in [2.24, 2.45) is 5.10 Å². The van der Waals surface area contributed by atoms with Crippen LogP contribution in [0.1, 0.15) is 16.7 Å². The number of sulfonamides is 1. The van der Waals surface area contributed by atoms with Crippen LogP contribution >= 0.6 is 0 Å². The number of aryl methyl sites for hydroxylation is 2. The maximum atomic E-state index is 13.4. The summed E-state index contributed by atoms with van der Waals surface area (Å²) >= 11 is 0. The van der Waals surface area contributed by atoms with Crippen molar-refractivity contribution in [3.05, 3.63) is 83.4 Å². The van der Waals surface area contributed by atoms with Crippen molar-refractivity contribution in [3.8, 4) is 11.5 Å². The predicted octanol–water partition coefficient (Wildman–Crippen LogP) is 3.67. The summed E-state index contributed by atoms with van der Waals surface area (Å²) < 4.78 is 38.4. The smallest absolute Gasteiger partial charge is 0.264 e. The van der Waals surface area contributed by atoms with Crippen LogP contribution in [0, 0.1) is 13.8 Å². The standard InChI is InChI=1S/C25H27N3O5S/c1-18-10-12-22(19(2)14-18)28(34(30,31)21-8-6-5-7-9-21)17-25(29)27-26-16-20-11-13-23(32-3)24(15-20)33-4/h5-16H,17H2,1-4H3,(H,27,29)/b26-16-. The summed E-state index contributed by atoms with van der Waals surface area (Å²) in [5.41, 5.74) is 5.22. The molecule has 1 N–H and O–H groups in total. The number of benzene rings is 3. The van der Waals surface area contributed by atoms with Gasteiger partial charge < -0.3 is 9.47 Å². The first kappa shape index (κ1) is 24.8. The fraction of sp³-hybridized carbons (Fsp3) is 0.200. The number of nitrogens with one attached hydrogen (secondary N) is 1. The van der Waals surface area contributed by atoms with Crippen molar-refractivity contribution in [1.82, 2.24) is 5.43 Å². The van der Waals surface area contributed by atoms with E-state index in [0.29, 0.717) is 22.7 Å². The summed E-state index contributed by atoms with van der Waals surface area (Å²) in [5, 5.41) is 3.97. The maximum Gasteiger partial charge on any atom is 0.264 e. The molecule has 0 aliphatic rings. The normalized spacial score (nSPS) is 11.3. The molecular weight excluding hydrogens is 454 g/mol. The zero-order valence-electron chi connectivity index (χ0n) is 19.5. The van der Waals surface area contributed by atoms with E-state index in [-0.39, 0.29) is 4.90 Å². The van der Waals surface area contributed by atoms with Crippen molar-refractivity contribution in [3.63, 3.8) is 0 Å². The number of carbonyl (C=O) groups excluding carboxylic acids is 1. The van der Waals surface area contributed by atoms with Gasteiger partial charge in [0.25, 0.3) is 15.9 Å². The molecule has 0 fully saturated rings. The monoisotopic (exact) mass is 481 g/mol. The molecule has 0 saturated carbocycles. The van der Waals surface area contributed by atoms with E-state index in [4.69, 9.17) is 9.47 Å². The lowest BCUT2D eigenvalue weighted by Crippen LogP contribution is -2.40.